The molecule has 0 amide bonds. The third-order valence-electron chi connectivity index (χ3n) is 9.58. The zero-order valence-electron chi connectivity index (χ0n) is 26.5. The van der Waals surface area contributed by atoms with Gasteiger partial charge in [0.2, 0.25) is 16.5 Å². The van der Waals surface area contributed by atoms with Crippen LogP contribution >= 0.6 is 0 Å². The van der Waals surface area contributed by atoms with Crippen LogP contribution in [0, 0.1) is 0 Å². The summed E-state index contributed by atoms with van der Waals surface area (Å²) in [6.07, 6.45) is 2.01. The van der Waals surface area contributed by atoms with Gasteiger partial charge in [0.1, 0.15) is 0 Å². The van der Waals surface area contributed by atoms with Crippen LogP contribution in [0.3, 0.4) is 0 Å². The smallest absolute Gasteiger partial charge is 0.307 e. The molecule has 0 aliphatic carbocycles. The summed E-state index contributed by atoms with van der Waals surface area (Å²) in [4.78, 5) is 13.7. The van der Waals surface area contributed by atoms with Gasteiger partial charge in [0.25, 0.3) is 0 Å². The lowest BCUT2D eigenvalue weighted by Gasteiger charge is -2.57. The minimum absolute atomic E-state index is 0.0791. The van der Waals surface area contributed by atoms with Crippen molar-refractivity contribution in [3.05, 3.63) is 182 Å². The molecule has 0 spiro atoms. The number of nitrogens with zero attached hydrogens (tertiary/aromatic N) is 1. The maximum atomic E-state index is 13.7. The minimum atomic E-state index is -3.19. The van der Waals surface area contributed by atoms with Crippen molar-refractivity contribution in [2.24, 2.45) is 0 Å². The van der Waals surface area contributed by atoms with E-state index in [0.717, 1.165) is 12.8 Å². The molecule has 0 bridgehead atoms. The summed E-state index contributed by atoms with van der Waals surface area (Å²) < 4.78 is 8.77. The molecule has 1 aliphatic heterocycles. The molecule has 5 heteroatoms. The molecule has 0 aromatic heterocycles. The van der Waals surface area contributed by atoms with Crippen molar-refractivity contribution in [3.63, 3.8) is 0 Å². The van der Waals surface area contributed by atoms with E-state index < -0.39 is 16.5 Å². The van der Waals surface area contributed by atoms with Gasteiger partial charge in [-0.1, -0.05) is 182 Å². The van der Waals surface area contributed by atoms with Crippen LogP contribution in [0.25, 0.3) is 0 Å². The average Bonchev–Trinajstić information content (AvgIpc) is 3.38. The summed E-state index contributed by atoms with van der Waals surface area (Å²) in [5.41, 5.74) is 0. The lowest BCUT2D eigenvalue weighted by Crippen LogP contribution is -2.92. The summed E-state index contributed by atoms with van der Waals surface area (Å²) >= 11 is 0. The largest absolute Gasteiger partial charge is 0.466 e. The normalized spacial score (nSPS) is 15.5. The van der Waals surface area contributed by atoms with Gasteiger partial charge in [-0.25, -0.2) is 0 Å². The number of benzene rings is 6. The Morgan fingerprint density at radius 3 is 1.00 bits per heavy atom. The molecule has 0 N–H and O–H groups in total. The molecule has 47 heavy (non-hydrogen) atoms. The van der Waals surface area contributed by atoms with Crippen LogP contribution in [0.2, 0.25) is 0 Å². The summed E-state index contributed by atoms with van der Waals surface area (Å²) in [6.45, 7) is 0.455. The molecule has 0 saturated carbocycles. The van der Waals surface area contributed by atoms with Gasteiger partial charge in [0.05, 0.1) is 13.0 Å². The maximum absolute atomic E-state index is 13.7. The first-order valence-electron chi connectivity index (χ1n) is 16.5. The molecule has 0 radical (unpaired) electrons. The zero-order valence-corrected chi connectivity index (χ0v) is 28.5. The van der Waals surface area contributed by atoms with E-state index in [1.807, 2.05) is 0 Å². The minimum Gasteiger partial charge on any atom is -0.466 e. The second kappa shape index (κ2) is 13.9. The van der Waals surface area contributed by atoms with Crippen molar-refractivity contribution in [2.45, 2.75) is 25.3 Å². The first kappa shape index (κ1) is 30.8. The number of cyclic esters (lactones) is 1. The van der Waals surface area contributed by atoms with E-state index in [4.69, 9.17) is 4.74 Å². The van der Waals surface area contributed by atoms with E-state index in [-0.39, 0.29) is 12.0 Å². The summed E-state index contributed by atoms with van der Waals surface area (Å²) in [5.74, 6) is -0.119. The SMILES string of the molecule is O=C1CC(N([Si](c2ccccc2)(c2ccccc2)c2ccccc2)[Si](c2ccccc2)(c2ccccc2)c2ccccc2)CCCO1. The van der Waals surface area contributed by atoms with Crippen LogP contribution in [0.4, 0.5) is 0 Å². The molecule has 1 heterocycles. The van der Waals surface area contributed by atoms with Crippen molar-refractivity contribution in [1.29, 1.82) is 0 Å². The van der Waals surface area contributed by atoms with E-state index in [1.54, 1.807) is 0 Å². The standard InChI is InChI=1S/C42H39NO2Si2/c44-42-34-35(20-19-33-45-42)43(46(36-21-7-1-8-22-36,37-23-9-2-10-24-37)38-25-11-3-12-26-38)47(39-27-13-4-14-28-39,40-29-15-5-16-30-40)41-31-17-6-18-32-41/h1-18,21-32,35H,19-20,33-34H2. The molecule has 6 aromatic carbocycles. The number of hydrogen-bond donors (Lipinski definition) is 0. The van der Waals surface area contributed by atoms with Gasteiger partial charge in [-0.2, -0.15) is 0 Å². The van der Waals surface area contributed by atoms with Crippen LogP contribution in [0.15, 0.2) is 182 Å². The van der Waals surface area contributed by atoms with E-state index in [2.05, 4.69) is 186 Å². The third kappa shape index (κ3) is 5.61. The van der Waals surface area contributed by atoms with Gasteiger partial charge in [-0.15, -0.1) is 0 Å². The summed E-state index contributed by atoms with van der Waals surface area (Å²) in [6, 6.07) is 66.7. The molecule has 6 aromatic rings. The molecular formula is C42H39NO2Si2. The number of carbonyl (C=O) groups is 1. The van der Waals surface area contributed by atoms with E-state index in [1.165, 1.54) is 31.1 Å². The monoisotopic (exact) mass is 645 g/mol. The van der Waals surface area contributed by atoms with Crippen molar-refractivity contribution >= 4 is 53.6 Å². The fourth-order valence-electron chi connectivity index (χ4n) is 7.79. The highest BCUT2D eigenvalue weighted by atomic mass is 28.4. The number of esters is 1. The Hall–Kier alpha value is -4.82. The van der Waals surface area contributed by atoms with E-state index in [9.17, 15) is 4.79 Å². The highest BCUT2D eigenvalue weighted by Gasteiger charge is 2.60. The Morgan fingerprint density at radius 1 is 0.447 bits per heavy atom. The van der Waals surface area contributed by atoms with Crippen LogP contribution in [-0.4, -0.2) is 39.3 Å². The molecular weight excluding hydrogens is 607 g/mol. The fraction of sp³-hybridized carbons (Fsp3) is 0.119. The van der Waals surface area contributed by atoms with Crippen LogP contribution in [0.5, 0.6) is 0 Å². The van der Waals surface area contributed by atoms with Gasteiger partial charge < -0.3 is 8.97 Å². The predicted octanol–water partition coefficient (Wildman–Crippen LogP) is 4.72. The Kier molecular flexibility index (Phi) is 9.11. The molecule has 1 aliphatic rings. The topological polar surface area (TPSA) is 29.5 Å². The van der Waals surface area contributed by atoms with Crippen molar-refractivity contribution in [2.75, 3.05) is 6.61 Å². The van der Waals surface area contributed by atoms with Crippen molar-refractivity contribution in [1.82, 2.24) is 4.23 Å². The molecule has 1 unspecified atom stereocenters. The second-order valence-electron chi connectivity index (χ2n) is 12.2. The predicted molar refractivity (Wildman–Crippen MR) is 198 cm³/mol. The first-order valence-corrected chi connectivity index (χ1v) is 20.4. The Balaban J connectivity index is 1.74. The highest BCUT2D eigenvalue weighted by Crippen LogP contribution is 2.30. The quantitative estimate of drug-likeness (QED) is 0.130. The van der Waals surface area contributed by atoms with E-state index >= 15 is 0 Å². The number of ether oxygens (including phenoxy) is 1. The van der Waals surface area contributed by atoms with Gasteiger partial charge in [0.15, 0.2) is 0 Å². The maximum Gasteiger partial charge on any atom is 0.307 e. The lowest BCUT2D eigenvalue weighted by atomic mass is 10.1. The summed E-state index contributed by atoms with van der Waals surface area (Å²) in [5, 5.41) is 7.80. The first-order chi connectivity index (χ1) is 23.3. The molecule has 232 valence electrons. The third-order valence-corrected chi connectivity index (χ3v) is 20.8. The number of carbonyl (C=O) groups excluding carboxylic acids is 1. The second-order valence-corrected chi connectivity index (χ2v) is 19.9. The number of rotatable bonds is 9. The van der Waals surface area contributed by atoms with Crippen LogP contribution in [-0.2, 0) is 9.53 Å². The van der Waals surface area contributed by atoms with Crippen LogP contribution < -0.4 is 31.1 Å². The van der Waals surface area contributed by atoms with Crippen LogP contribution in [0.1, 0.15) is 19.3 Å². The molecule has 3 nitrogen and oxygen atoms in total. The Bertz CT molecular complexity index is 1550. The molecule has 7 rings (SSSR count). The molecule has 1 saturated heterocycles. The molecule has 1 atom stereocenters. The zero-order chi connectivity index (χ0) is 31.9. The van der Waals surface area contributed by atoms with Gasteiger partial charge in [-0.05, 0) is 44.0 Å². The van der Waals surface area contributed by atoms with Gasteiger partial charge in [0, 0.05) is 6.04 Å². The fourth-order valence-corrected chi connectivity index (χ4v) is 21.4. The van der Waals surface area contributed by atoms with Gasteiger partial charge >= 0.3 is 5.97 Å². The van der Waals surface area contributed by atoms with Crippen molar-refractivity contribution in [3.8, 4) is 0 Å². The number of hydrogen-bond acceptors (Lipinski definition) is 3. The van der Waals surface area contributed by atoms with Gasteiger partial charge in [-0.3, -0.25) is 4.79 Å². The average molecular weight is 646 g/mol. The highest BCUT2D eigenvalue weighted by molar-refractivity contribution is 7.22. The Labute approximate surface area is 280 Å². The summed E-state index contributed by atoms with van der Waals surface area (Å²) in [7, 11) is -6.38. The lowest BCUT2D eigenvalue weighted by molar-refractivity contribution is -0.143. The van der Waals surface area contributed by atoms with Crippen molar-refractivity contribution < 1.29 is 9.53 Å². The Morgan fingerprint density at radius 2 is 0.723 bits per heavy atom. The molecule has 1 fully saturated rings. The van der Waals surface area contributed by atoms with E-state index in [0.29, 0.717) is 13.0 Å².